The summed E-state index contributed by atoms with van der Waals surface area (Å²) >= 11 is 0. The molecule has 1 heterocycles. The Bertz CT molecular complexity index is 1220. The number of hydrogen-bond acceptors (Lipinski definition) is 7. The van der Waals surface area contributed by atoms with E-state index in [1.807, 2.05) is 110 Å². The Morgan fingerprint density at radius 1 is 0.767 bits per heavy atom. The molecule has 1 aliphatic rings. The zero-order valence-corrected chi connectivity index (χ0v) is 27.0. The first-order valence-electron chi connectivity index (χ1n) is 15.1. The van der Waals surface area contributed by atoms with Gasteiger partial charge in [0.2, 0.25) is 11.8 Å². The van der Waals surface area contributed by atoms with Gasteiger partial charge < -0.3 is 30.0 Å². The predicted octanol–water partition coefficient (Wildman–Crippen LogP) is 3.14. The van der Waals surface area contributed by atoms with Crippen molar-refractivity contribution in [2.75, 3.05) is 7.11 Å². The third-order valence-electron chi connectivity index (χ3n) is 8.32. The van der Waals surface area contributed by atoms with E-state index in [0.29, 0.717) is 6.54 Å². The molecular weight excluding hydrogens is 545 g/mol. The van der Waals surface area contributed by atoms with Crippen LogP contribution >= 0.6 is 0 Å². The molecule has 43 heavy (non-hydrogen) atoms. The number of carbonyl (C=O) groups is 3. The Hall–Kier alpha value is -3.21. The molecule has 0 bridgehead atoms. The van der Waals surface area contributed by atoms with Crippen LogP contribution in [0.4, 0.5) is 0 Å². The number of amides is 2. The highest BCUT2D eigenvalue weighted by molar-refractivity contribution is 6.62. The number of methoxy groups -OCH3 is 1. The predicted molar refractivity (Wildman–Crippen MR) is 168 cm³/mol. The molecule has 9 nitrogen and oxygen atoms in total. The van der Waals surface area contributed by atoms with E-state index in [4.69, 9.17) is 14.0 Å². The highest BCUT2D eigenvalue weighted by Gasteiger charge is 2.51. The van der Waals surface area contributed by atoms with Gasteiger partial charge >= 0.3 is 13.1 Å². The van der Waals surface area contributed by atoms with E-state index in [1.165, 1.54) is 7.11 Å². The summed E-state index contributed by atoms with van der Waals surface area (Å²) in [6.07, 6.45) is 0.273. The fourth-order valence-corrected chi connectivity index (χ4v) is 4.83. The highest BCUT2D eigenvalue weighted by atomic mass is 16.7. The van der Waals surface area contributed by atoms with Gasteiger partial charge in [-0.3, -0.25) is 9.59 Å². The maximum Gasteiger partial charge on any atom is 0.494 e. The van der Waals surface area contributed by atoms with Gasteiger partial charge in [0.1, 0.15) is 12.1 Å². The summed E-state index contributed by atoms with van der Waals surface area (Å²) in [5.74, 6) is -1.51. The topological polar surface area (TPSA) is 115 Å². The fraction of sp³-hybridized carbons (Fsp3) is 0.545. The van der Waals surface area contributed by atoms with Crippen LogP contribution in [0.2, 0.25) is 0 Å². The molecule has 3 N–H and O–H groups in total. The van der Waals surface area contributed by atoms with Crippen molar-refractivity contribution >= 4 is 30.4 Å². The second-order valence-corrected chi connectivity index (χ2v) is 12.9. The molecule has 1 saturated heterocycles. The normalized spacial score (nSPS) is 17.8. The minimum atomic E-state index is -0.886. The van der Waals surface area contributed by atoms with Gasteiger partial charge in [0.05, 0.1) is 24.4 Å². The fourth-order valence-electron chi connectivity index (χ4n) is 4.83. The number of carbonyl (C=O) groups excluding carboxylic acids is 3. The third kappa shape index (κ3) is 8.91. The smallest absolute Gasteiger partial charge is 0.467 e. The number of hydrogen-bond donors (Lipinski definition) is 3. The van der Waals surface area contributed by atoms with E-state index in [0.717, 1.165) is 16.6 Å². The molecule has 10 heteroatoms. The minimum Gasteiger partial charge on any atom is -0.467 e. The molecule has 0 radical (unpaired) electrons. The number of nitrogens with one attached hydrogen (secondary N) is 3. The molecule has 234 valence electrons. The largest absolute Gasteiger partial charge is 0.494 e. The zero-order chi connectivity index (χ0) is 31.9. The average molecular weight is 594 g/mol. The Balaban J connectivity index is 1.70. The molecule has 3 atom stereocenters. The standard InChI is InChI=1S/C33H48BN3O6/c1-21(2)27(35-20-24-15-17-25(18-16-24)34-42-32(5,6)33(7,8)43-34)30(39)36-26(19-23-13-11-10-12-14-23)29(38)37-28(22(3)4)31(40)41-9/h10-18,21-22,26-28,35H,19-20H2,1-9H3,(H,36,39)(H,37,38)/t26-,27-,28-/m0/s1. The first-order chi connectivity index (χ1) is 20.1. The lowest BCUT2D eigenvalue weighted by Gasteiger charge is -2.32. The summed E-state index contributed by atoms with van der Waals surface area (Å²) in [4.78, 5) is 39.3. The zero-order valence-electron chi connectivity index (χ0n) is 27.0. The van der Waals surface area contributed by atoms with Crippen molar-refractivity contribution in [3.8, 4) is 0 Å². The van der Waals surface area contributed by atoms with E-state index in [9.17, 15) is 14.4 Å². The Labute approximate surface area is 257 Å². The number of ether oxygens (including phenoxy) is 1. The van der Waals surface area contributed by atoms with Gasteiger partial charge in [0.25, 0.3) is 0 Å². The van der Waals surface area contributed by atoms with Gasteiger partial charge in [-0.2, -0.15) is 0 Å². The summed E-state index contributed by atoms with van der Waals surface area (Å²) in [6, 6.07) is 15.1. The monoisotopic (exact) mass is 593 g/mol. The molecule has 1 fully saturated rings. The second-order valence-electron chi connectivity index (χ2n) is 12.9. The molecule has 0 aliphatic carbocycles. The quantitative estimate of drug-likeness (QED) is 0.242. The van der Waals surface area contributed by atoms with Crippen molar-refractivity contribution in [3.05, 3.63) is 65.7 Å². The van der Waals surface area contributed by atoms with Gasteiger partial charge in [-0.05, 0) is 56.1 Å². The Morgan fingerprint density at radius 2 is 1.33 bits per heavy atom. The molecule has 0 unspecified atom stereocenters. The maximum absolute atomic E-state index is 13.6. The van der Waals surface area contributed by atoms with Gasteiger partial charge in [0.15, 0.2) is 0 Å². The number of esters is 1. The molecule has 0 aromatic heterocycles. The lowest BCUT2D eigenvalue weighted by Crippen LogP contribution is -2.57. The van der Waals surface area contributed by atoms with Crippen LogP contribution in [-0.2, 0) is 41.4 Å². The van der Waals surface area contributed by atoms with Crippen LogP contribution in [0.5, 0.6) is 0 Å². The van der Waals surface area contributed by atoms with Crippen LogP contribution < -0.4 is 21.4 Å². The first kappa shape index (κ1) is 34.3. The van der Waals surface area contributed by atoms with Gasteiger partial charge in [-0.25, -0.2) is 4.79 Å². The van der Waals surface area contributed by atoms with Crippen molar-refractivity contribution in [1.82, 2.24) is 16.0 Å². The molecule has 2 amide bonds. The van der Waals surface area contributed by atoms with E-state index in [1.54, 1.807) is 0 Å². The van der Waals surface area contributed by atoms with E-state index >= 15 is 0 Å². The average Bonchev–Trinajstić information content (AvgIpc) is 3.17. The summed E-state index contributed by atoms with van der Waals surface area (Å²) in [5.41, 5.74) is 1.98. The van der Waals surface area contributed by atoms with Gasteiger partial charge in [0, 0.05) is 13.0 Å². The highest BCUT2D eigenvalue weighted by Crippen LogP contribution is 2.36. The van der Waals surface area contributed by atoms with Crippen LogP contribution in [0, 0.1) is 11.8 Å². The third-order valence-corrected chi connectivity index (χ3v) is 8.32. The van der Waals surface area contributed by atoms with Crippen molar-refractivity contribution < 1.29 is 28.4 Å². The minimum absolute atomic E-state index is 0.0528. The summed E-state index contributed by atoms with van der Waals surface area (Å²) in [7, 11) is 0.848. The van der Waals surface area contributed by atoms with Gasteiger partial charge in [-0.15, -0.1) is 0 Å². The Kier molecular flexibility index (Phi) is 11.6. The SMILES string of the molecule is COC(=O)[C@@H](NC(=O)[C@H](Cc1ccccc1)NC(=O)[C@@H](NCc1ccc(B2OC(C)(C)C(C)(C)O2)cc1)C(C)C)C(C)C. The summed E-state index contributed by atoms with van der Waals surface area (Å²) in [6.45, 7) is 16.1. The first-order valence-corrected chi connectivity index (χ1v) is 15.1. The molecule has 2 aromatic carbocycles. The van der Waals surface area contributed by atoms with E-state index < -0.39 is 48.3 Å². The molecule has 0 saturated carbocycles. The van der Waals surface area contributed by atoms with E-state index in [2.05, 4.69) is 16.0 Å². The molecular formula is C33H48BN3O6. The number of rotatable bonds is 13. The number of benzene rings is 2. The van der Waals surface area contributed by atoms with Crippen LogP contribution in [0.25, 0.3) is 0 Å². The van der Waals surface area contributed by atoms with Crippen molar-refractivity contribution in [3.63, 3.8) is 0 Å². The van der Waals surface area contributed by atoms with Crippen molar-refractivity contribution in [2.45, 2.75) is 97.7 Å². The van der Waals surface area contributed by atoms with Gasteiger partial charge in [-0.1, -0.05) is 82.3 Å². The van der Waals surface area contributed by atoms with Crippen LogP contribution in [0.1, 0.15) is 66.5 Å². The Morgan fingerprint density at radius 3 is 1.84 bits per heavy atom. The molecule has 3 rings (SSSR count). The van der Waals surface area contributed by atoms with Crippen molar-refractivity contribution in [2.24, 2.45) is 11.8 Å². The van der Waals surface area contributed by atoms with Crippen LogP contribution in [0.15, 0.2) is 54.6 Å². The molecule has 1 aliphatic heterocycles. The van der Waals surface area contributed by atoms with Crippen LogP contribution in [-0.4, -0.2) is 61.3 Å². The molecule has 0 spiro atoms. The van der Waals surface area contributed by atoms with Crippen LogP contribution in [0.3, 0.4) is 0 Å². The molecule has 2 aromatic rings. The maximum atomic E-state index is 13.6. The summed E-state index contributed by atoms with van der Waals surface area (Å²) < 4.78 is 17.2. The summed E-state index contributed by atoms with van der Waals surface area (Å²) in [5, 5.41) is 9.10. The van der Waals surface area contributed by atoms with Crippen molar-refractivity contribution in [1.29, 1.82) is 0 Å². The second kappa shape index (κ2) is 14.5. The van der Waals surface area contributed by atoms with E-state index in [-0.39, 0.29) is 24.2 Å². The lowest BCUT2D eigenvalue weighted by molar-refractivity contribution is -0.146. The lowest BCUT2D eigenvalue weighted by atomic mass is 9.79.